The lowest BCUT2D eigenvalue weighted by Gasteiger charge is -2.17. The number of amides is 1. The standard InChI is InChI=1S/C25H22Cl2N4O2S/c1-16-19(26)12-8-13-21(16)28-23(32)15-34-25-30-29-24(31(25)18-9-4-3-5-10-18)17(2)33-22-14-7-6-11-20(22)27/h3-14,17H,15H2,1-2H3,(H,28,32). The zero-order chi connectivity index (χ0) is 24.1. The average Bonchev–Trinajstić information content (AvgIpc) is 3.27. The average molecular weight is 513 g/mol. The van der Waals surface area contributed by atoms with Crippen LogP contribution in [0.15, 0.2) is 78.0 Å². The van der Waals surface area contributed by atoms with Crippen LogP contribution in [0.1, 0.15) is 24.4 Å². The number of aromatic nitrogens is 3. The van der Waals surface area contributed by atoms with Crippen molar-refractivity contribution < 1.29 is 9.53 Å². The maximum Gasteiger partial charge on any atom is 0.234 e. The van der Waals surface area contributed by atoms with Crippen LogP contribution in [0.3, 0.4) is 0 Å². The first-order valence-electron chi connectivity index (χ1n) is 10.5. The van der Waals surface area contributed by atoms with E-state index in [1.807, 2.05) is 66.9 Å². The number of rotatable bonds is 8. The SMILES string of the molecule is Cc1c(Cl)cccc1NC(=O)CSc1nnc(C(C)Oc2ccccc2Cl)n1-c1ccccc1. The normalized spacial score (nSPS) is 11.8. The van der Waals surface area contributed by atoms with E-state index in [2.05, 4.69) is 15.5 Å². The van der Waals surface area contributed by atoms with Crippen LogP contribution < -0.4 is 10.1 Å². The van der Waals surface area contributed by atoms with Crippen molar-refractivity contribution in [2.75, 3.05) is 11.1 Å². The number of para-hydroxylation sites is 2. The van der Waals surface area contributed by atoms with E-state index < -0.39 is 6.10 Å². The lowest BCUT2D eigenvalue weighted by Crippen LogP contribution is -2.16. The number of ether oxygens (including phenoxy) is 1. The van der Waals surface area contributed by atoms with Crippen molar-refractivity contribution >= 4 is 46.6 Å². The van der Waals surface area contributed by atoms with Crippen LogP contribution in [0.5, 0.6) is 5.75 Å². The molecule has 0 radical (unpaired) electrons. The van der Waals surface area contributed by atoms with Crippen molar-refractivity contribution in [3.05, 3.63) is 94.2 Å². The van der Waals surface area contributed by atoms with Gasteiger partial charge in [0.05, 0.1) is 10.8 Å². The molecule has 1 atom stereocenters. The van der Waals surface area contributed by atoms with Gasteiger partial charge < -0.3 is 10.1 Å². The Kier molecular flexibility index (Phi) is 7.77. The number of nitrogens with one attached hydrogen (secondary N) is 1. The Labute approximate surface area is 212 Å². The first-order chi connectivity index (χ1) is 16.4. The Balaban J connectivity index is 1.55. The first-order valence-corrected chi connectivity index (χ1v) is 12.3. The Morgan fingerprint density at radius 3 is 2.47 bits per heavy atom. The lowest BCUT2D eigenvalue weighted by molar-refractivity contribution is -0.113. The van der Waals surface area contributed by atoms with Crippen LogP contribution in [0, 0.1) is 6.92 Å². The third-order valence-electron chi connectivity index (χ3n) is 5.05. The number of halogens is 2. The molecule has 1 N–H and O–H groups in total. The van der Waals surface area contributed by atoms with Crippen molar-refractivity contribution in [1.29, 1.82) is 0 Å². The van der Waals surface area contributed by atoms with Crippen LogP contribution in [0.25, 0.3) is 5.69 Å². The van der Waals surface area contributed by atoms with Crippen molar-refractivity contribution in [2.24, 2.45) is 0 Å². The highest BCUT2D eigenvalue weighted by Crippen LogP contribution is 2.31. The minimum absolute atomic E-state index is 0.149. The van der Waals surface area contributed by atoms with Crippen molar-refractivity contribution in [1.82, 2.24) is 14.8 Å². The van der Waals surface area contributed by atoms with Gasteiger partial charge in [-0.2, -0.15) is 0 Å². The van der Waals surface area contributed by atoms with Crippen LogP contribution >= 0.6 is 35.0 Å². The Morgan fingerprint density at radius 2 is 1.71 bits per heavy atom. The molecule has 174 valence electrons. The Bertz CT molecular complexity index is 1300. The first kappa shape index (κ1) is 24.1. The molecule has 1 unspecified atom stereocenters. The predicted molar refractivity (Wildman–Crippen MR) is 137 cm³/mol. The van der Waals surface area contributed by atoms with E-state index >= 15 is 0 Å². The molecule has 0 saturated heterocycles. The monoisotopic (exact) mass is 512 g/mol. The summed E-state index contributed by atoms with van der Waals surface area (Å²) in [7, 11) is 0. The third kappa shape index (κ3) is 5.55. The highest BCUT2D eigenvalue weighted by atomic mass is 35.5. The second kappa shape index (κ2) is 11.0. The zero-order valence-corrected chi connectivity index (χ0v) is 20.9. The number of carbonyl (C=O) groups excluding carboxylic acids is 1. The van der Waals surface area contributed by atoms with Gasteiger partial charge in [-0.15, -0.1) is 10.2 Å². The largest absolute Gasteiger partial charge is 0.481 e. The van der Waals surface area contributed by atoms with Crippen LogP contribution in [-0.2, 0) is 4.79 Å². The van der Waals surface area contributed by atoms with E-state index in [1.54, 1.807) is 24.3 Å². The summed E-state index contributed by atoms with van der Waals surface area (Å²) in [6, 6.07) is 22.4. The molecule has 3 aromatic carbocycles. The number of nitrogens with zero attached hydrogens (tertiary/aromatic N) is 3. The fourth-order valence-corrected chi connectivity index (χ4v) is 4.41. The molecule has 6 nitrogen and oxygen atoms in total. The molecule has 34 heavy (non-hydrogen) atoms. The molecule has 0 aliphatic carbocycles. The maximum atomic E-state index is 12.6. The fraction of sp³-hybridized carbons (Fsp3) is 0.160. The molecule has 0 saturated carbocycles. The Hall–Kier alpha value is -3.00. The van der Waals surface area contributed by atoms with Crippen LogP contribution in [-0.4, -0.2) is 26.4 Å². The summed E-state index contributed by atoms with van der Waals surface area (Å²) in [5.74, 6) is 1.14. The molecular formula is C25H22Cl2N4O2S. The lowest BCUT2D eigenvalue weighted by atomic mass is 10.2. The fourth-order valence-electron chi connectivity index (χ4n) is 3.30. The highest BCUT2D eigenvalue weighted by Gasteiger charge is 2.22. The van der Waals surface area contributed by atoms with E-state index in [0.717, 1.165) is 11.3 Å². The van der Waals surface area contributed by atoms with Crippen molar-refractivity contribution in [3.63, 3.8) is 0 Å². The summed E-state index contributed by atoms with van der Waals surface area (Å²) in [5.41, 5.74) is 2.37. The smallest absolute Gasteiger partial charge is 0.234 e. The second-order valence-corrected chi connectivity index (χ2v) is 9.21. The number of hydrogen-bond donors (Lipinski definition) is 1. The summed E-state index contributed by atoms with van der Waals surface area (Å²) in [6.07, 6.45) is -0.440. The third-order valence-corrected chi connectivity index (χ3v) is 6.70. The van der Waals surface area contributed by atoms with Gasteiger partial charge in [0.2, 0.25) is 5.91 Å². The zero-order valence-electron chi connectivity index (χ0n) is 18.5. The molecular weight excluding hydrogens is 491 g/mol. The van der Waals surface area contributed by atoms with Gasteiger partial charge in [0.1, 0.15) is 5.75 Å². The van der Waals surface area contributed by atoms with Gasteiger partial charge in [-0.05, 0) is 55.8 Å². The van der Waals surface area contributed by atoms with Crippen LogP contribution in [0.4, 0.5) is 5.69 Å². The summed E-state index contributed by atoms with van der Waals surface area (Å²) in [5, 5.41) is 13.3. The summed E-state index contributed by atoms with van der Waals surface area (Å²) in [6.45, 7) is 3.75. The van der Waals surface area contributed by atoms with E-state index in [0.29, 0.717) is 32.5 Å². The van der Waals surface area contributed by atoms with E-state index in [1.165, 1.54) is 11.8 Å². The number of benzene rings is 3. The number of carbonyl (C=O) groups is 1. The summed E-state index contributed by atoms with van der Waals surface area (Å²) in [4.78, 5) is 12.6. The summed E-state index contributed by atoms with van der Waals surface area (Å²) < 4.78 is 7.97. The molecule has 0 fully saturated rings. The highest BCUT2D eigenvalue weighted by molar-refractivity contribution is 7.99. The van der Waals surface area contributed by atoms with Gasteiger partial charge >= 0.3 is 0 Å². The second-order valence-electron chi connectivity index (χ2n) is 7.45. The molecule has 1 heterocycles. The van der Waals surface area contributed by atoms with E-state index in [-0.39, 0.29) is 11.7 Å². The molecule has 4 aromatic rings. The quantitative estimate of drug-likeness (QED) is 0.264. The molecule has 4 rings (SSSR count). The molecule has 1 aromatic heterocycles. The van der Waals surface area contributed by atoms with Gasteiger partial charge in [0.25, 0.3) is 0 Å². The molecule has 9 heteroatoms. The van der Waals surface area contributed by atoms with E-state index in [4.69, 9.17) is 27.9 Å². The van der Waals surface area contributed by atoms with Gasteiger partial charge in [-0.3, -0.25) is 9.36 Å². The van der Waals surface area contributed by atoms with Gasteiger partial charge in [-0.1, -0.05) is 71.4 Å². The molecule has 0 aliphatic rings. The van der Waals surface area contributed by atoms with Crippen LogP contribution in [0.2, 0.25) is 10.0 Å². The van der Waals surface area contributed by atoms with Gasteiger partial charge in [0, 0.05) is 16.4 Å². The number of hydrogen-bond acceptors (Lipinski definition) is 5. The topological polar surface area (TPSA) is 69.0 Å². The number of anilines is 1. The van der Waals surface area contributed by atoms with Crippen molar-refractivity contribution in [3.8, 4) is 11.4 Å². The predicted octanol–water partition coefficient (Wildman–Crippen LogP) is 6.75. The minimum Gasteiger partial charge on any atom is -0.481 e. The molecule has 1 amide bonds. The van der Waals surface area contributed by atoms with Gasteiger partial charge in [-0.25, -0.2) is 0 Å². The summed E-state index contributed by atoms with van der Waals surface area (Å²) >= 11 is 13.7. The molecule has 0 spiro atoms. The van der Waals surface area contributed by atoms with Gasteiger partial charge in [0.15, 0.2) is 17.1 Å². The van der Waals surface area contributed by atoms with E-state index in [9.17, 15) is 4.79 Å². The molecule has 0 aliphatic heterocycles. The maximum absolute atomic E-state index is 12.6. The Morgan fingerprint density at radius 1 is 1.00 bits per heavy atom. The minimum atomic E-state index is -0.440. The van der Waals surface area contributed by atoms with Crippen molar-refractivity contribution in [2.45, 2.75) is 25.1 Å². The number of thioether (sulfide) groups is 1. The molecule has 0 bridgehead atoms.